The fourth-order valence-electron chi connectivity index (χ4n) is 4.51. The smallest absolute Gasteiger partial charge is 0.431 e. The maximum atomic E-state index is 13.6. The van der Waals surface area contributed by atoms with Gasteiger partial charge in [0.1, 0.15) is 5.75 Å². The maximum absolute atomic E-state index is 13.6. The molecule has 4 rings (SSSR count). The Morgan fingerprint density at radius 1 is 1.15 bits per heavy atom. The van der Waals surface area contributed by atoms with Crippen molar-refractivity contribution in [2.45, 2.75) is 50.6 Å². The number of fused-ring (bicyclic) bond motifs is 1. The molecule has 1 unspecified atom stereocenters. The van der Waals surface area contributed by atoms with Crippen LogP contribution in [0.25, 0.3) is 0 Å². The van der Waals surface area contributed by atoms with Crippen LogP contribution in [-0.2, 0) is 23.0 Å². The zero-order valence-corrected chi connectivity index (χ0v) is 23.9. The van der Waals surface area contributed by atoms with Crippen LogP contribution in [0.3, 0.4) is 0 Å². The molecule has 13 heteroatoms. The number of hydrogen-bond acceptors (Lipinski definition) is 8. The van der Waals surface area contributed by atoms with Gasteiger partial charge in [0.2, 0.25) is 16.8 Å². The van der Waals surface area contributed by atoms with E-state index in [1.807, 2.05) is 36.7 Å². The lowest BCUT2D eigenvalue weighted by molar-refractivity contribution is -0.0984. The number of aryl methyl sites for hydroxylation is 1. The minimum Gasteiger partial charge on any atom is -0.494 e. The summed E-state index contributed by atoms with van der Waals surface area (Å²) in [5, 5.41) is 20.1. The molecular formula is C28H36N4O8S. The van der Waals surface area contributed by atoms with Crippen LogP contribution >= 0.6 is 0 Å². The van der Waals surface area contributed by atoms with Crippen molar-refractivity contribution < 1.29 is 37.7 Å². The van der Waals surface area contributed by atoms with Crippen LogP contribution in [0.4, 0.5) is 4.79 Å². The molecule has 3 aromatic rings. The van der Waals surface area contributed by atoms with Gasteiger partial charge in [-0.25, -0.2) is 18.2 Å². The monoisotopic (exact) mass is 588 g/mol. The van der Waals surface area contributed by atoms with E-state index in [-0.39, 0.29) is 48.6 Å². The second-order valence-corrected chi connectivity index (χ2v) is 12.1. The molecule has 0 spiro atoms. The number of imidazole rings is 1. The van der Waals surface area contributed by atoms with E-state index in [1.54, 1.807) is 30.7 Å². The predicted octanol–water partition coefficient (Wildman–Crippen LogP) is 4.10. The summed E-state index contributed by atoms with van der Waals surface area (Å²) in [5.41, 5.74) is 0.773. The Hall–Kier alpha value is -3.81. The normalized spacial score (nSPS) is 13.5. The van der Waals surface area contributed by atoms with Gasteiger partial charge in [0.15, 0.2) is 11.5 Å². The molecule has 0 radical (unpaired) electrons. The summed E-state index contributed by atoms with van der Waals surface area (Å²) in [7, 11) is -3.93. The summed E-state index contributed by atoms with van der Waals surface area (Å²) in [6.07, 6.45) is 4.92. The van der Waals surface area contributed by atoms with Crippen LogP contribution in [0.2, 0.25) is 0 Å². The zero-order chi connectivity index (χ0) is 29.4. The Bertz CT molecular complexity index is 1380. The van der Waals surface area contributed by atoms with Crippen molar-refractivity contribution in [2.24, 2.45) is 5.92 Å². The summed E-state index contributed by atoms with van der Waals surface area (Å²) in [5.74, 6) is 1.51. The fourth-order valence-corrected chi connectivity index (χ4v) is 6.15. The van der Waals surface area contributed by atoms with E-state index in [4.69, 9.17) is 14.2 Å². The van der Waals surface area contributed by atoms with Gasteiger partial charge in [0.05, 0.1) is 23.9 Å². The van der Waals surface area contributed by atoms with Gasteiger partial charge in [0, 0.05) is 38.1 Å². The molecule has 0 saturated heterocycles. The van der Waals surface area contributed by atoms with Crippen molar-refractivity contribution in [1.29, 1.82) is 0 Å². The topological polar surface area (TPSA) is 144 Å². The molecule has 1 atom stereocenters. The number of carboxylic acid groups (broad SMARTS) is 1. The Morgan fingerprint density at radius 2 is 1.90 bits per heavy atom. The highest BCUT2D eigenvalue weighted by molar-refractivity contribution is 7.89. The second kappa shape index (κ2) is 13.7. The molecule has 12 nitrogen and oxygen atoms in total. The first-order valence-corrected chi connectivity index (χ1v) is 14.9. The minimum atomic E-state index is -3.93. The van der Waals surface area contributed by atoms with E-state index in [1.165, 1.54) is 16.4 Å². The number of ether oxygens (including phenoxy) is 3. The molecule has 0 saturated carbocycles. The molecule has 0 bridgehead atoms. The highest BCUT2D eigenvalue weighted by Gasteiger charge is 2.30. The van der Waals surface area contributed by atoms with Gasteiger partial charge in [-0.3, -0.25) is 5.21 Å². The molecule has 222 valence electrons. The molecule has 2 aromatic carbocycles. The third-order valence-electron chi connectivity index (χ3n) is 6.59. The molecule has 0 fully saturated rings. The van der Waals surface area contributed by atoms with E-state index in [0.29, 0.717) is 23.9 Å². The summed E-state index contributed by atoms with van der Waals surface area (Å²) in [4.78, 5) is 15.7. The van der Waals surface area contributed by atoms with Gasteiger partial charge in [-0.15, -0.1) is 0 Å². The lowest BCUT2D eigenvalue weighted by atomic mass is 10.0. The standard InChI is InChI=1S/C28H36N4O8S/c1-21(2)18-31(41(36,37)25-8-9-26-27(17-25)40-20-39-26)13-10-23(32(35)28(33)34)16-22-4-6-24(7-5-22)38-15-3-12-30-14-11-29-19-30/h4-9,11,14,17,19,21,23,35H,3,10,12-13,15-16,18,20H2,1-2H3,(H,33,34). The van der Waals surface area contributed by atoms with Gasteiger partial charge in [-0.1, -0.05) is 26.0 Å². The van der Waals surface area contributed by atoms with E-state index in [0.717, 1.165) is 18.5 Å². The number of hydrogen-bond donors (Lipinski definition) is 2. The van der Waals surface area contributed by atoms with Gasteiger partial charge in [-0.2, -0.15) is 9.37 Å². The quantitative estimate of drug-likeness (QED) is 0.152. The molecule has 1 aromatic heterocycles. The third-order valence-corrected chi connectivity index (χ3v) is 8.45. The average molecular weight is 589 g/mol. The first-order valence-electron chi connectivity index (χ1n) is 13.4. The van der Waals surface area contributed by atoms with Crippen LogP contribution < -0.4 is 14.2 Å². The van der Waals surface area contributed by atoms with Crippen LogP contribution in [0.15, 0.2) is 66.1 Å². The number of aromatic nitrogens is 2. The molecular weight excluding hydrogens is 552 g/mol. The summed E-state index contributed by atoms with van der Waals surface area (Å²) in [6.45, 7) is 5.36. The molecule has 2 N–H and O–H groups in total. The molecule has 1 aliphatic rings. The lowest BCUT2D eigenvalue weighted by Gasteiger charge is -2.28. The van der Waals surface area contributed by atoms with Crippen LogP contribution in [0.5, 0.6) is 17.2 Å². The van der Waals surface area contributed by atoms with Crippen molar-refractivity contribution in [3.8, 4) is 17.2 Å². The molecule has 41 heavy (non-hydrogen) atoms. The first kappa shape index (κ1) is 30.2. The number of hydroxylamine groups is 2. The van der Waals surface area contributed by atoms with Gasteiger partial charge >= 0.3 is 6.09 Å². The van der Waals surface area contributed by atoms with Gasteiger partial charge < -0.3 is 23.9 Å². The predicted molar refractivity (Wildman–Crippen MR) is 149 cm³/mol. The first-order chi connectivity index (χ1) is 19.6. The lowest BCUT2D eigenvalue weighted by Crippen LogP contribution is -2.42. The van der Waals surface area contributed by atoms with Gasteiger partial charge in [-0.05, 0) is 55.0 Å². The molecule has 1 aliphatic heterocycles. The summed E-state index contributed by atoms with van der Waals surface area (Å²) < 4.78 is 46.9. The molecule has 0 aliphatic carbocycles. The number of carbonyl (C=O) groups is 1. The Morgan fingerprint density at radius 3 is 2.59 bits per heavy atom. The zero-order valence-electron chi connectivity index (χ0n) is 23.1. The third kappa shape index (κ3) is 8.12. The van der Waals surface area contributed by atoms with E-state index in [2.05, 4.69) is 4.98 Å². The number of nitrogens with zero attached hydrogens (tertiary/aromatic N) is 4. The minimum absolute atomic E-state index is 0.00206. The Kier molecular flexibility index (Phi) is 10.1. The molecule has 1 amide bonds. The maximum Gasteiger partial charge on any atom is 0.431 e. The van der Waals surface area contributed by atoms with Crippen molar-refractivity contribution in [3.05, 3.63) is 66.7 Å². The van der Waals surface area contributed by atoms with Crippen molar-refractivity contribution in [2.75, 3.05) is 26.5 Å². The van der Waals surface area contributed by atoms with Crippen LogP contribution in [0, 0.1) is 5.92 Å². The van der Waals surface area contributed by atoms with Crippen molar-refractivity contribution >= 4 is 16.1 Å². The fraction of sp³-hybridized carbons (Fsp3) is 0.429. The van der Waals surface area contributed by atoms with Crippen LogP contribution in [-0.4, -0.2) is 76.3 Å². The highest BCUT2D eigenvalue weighted by Crippen LogP contribution is 2.35. The average Bonchev–Trinajstić information content (AvgIpc) is 3.64. The number of sulfonamides is 1. The van der Waals surface area contributed by atoms with Crippen LogP contribution in [0.1, 0.15) is 32.3 Å². The number of amides is 1. The van der Waals surface area contributed by atoms with Crippen molar-refractivity contribution in [3.63, 3.8) is 0 Å². The SMILES string of the molecule is CC(C)CN(CCC(Cc1ccc(OCCCn2ccnc2)cc1)N(O)C(=O)O)S(=O)(=O)c1ccc2c(c1)OCO2. The molecule has 2 heterocycles. The second-order valence-electron chi connectivity index (χ2n) is 10.2. The number of benzene rings is 2. The number of rotatable bonds is 15. The highest BCUT2D eigenvalue weighted by atomic mass is 32.2. The summed E-state index contributed by atoms with van der Waals surface area (Å²) in [6, 6.07) is 10.8. The van der Waals surface area contributed by atoms with Gasteiger partial charge in [0.25, 0.3) is 0 Å². The summed E-state index contributed by atoms with van der Waals surface area (Å²) >= 11 is 0. The van der Waals surface area contributed by atoms with E-state index < -0.39 is 22.2 Å². The van der Waals surface area contributed by atoms with E-state index in [9.17, 15) is 23.5 Å². The van der Waals surface area contributed by atoms with Crippen molar-refractivity contribution in [1.82, 2.24) is 18.9 Å². The van der Waals surface area contributed by atoms with E-state index >= 15 is 0 Å². The Labute approximate surface area is 239 Å². The largest absolute Gasteiger partial charge is 0.494 e. The Balaban J connectivity index is 1.40.